The molecular weight excluding hydrogens is 198 g/mol. The van der Waals surface area contributed by atoms with Crippen LogP contribution in [0.2, 0.25) is 0 Å². The number of carboxylic acids is 1. The van der Waals surface area contributed by atoms with Crippen LogP contribution < -0.4 is 0 Å². The van der Waals surface area contributed by atoms with Gasteiger partial charge in [-0.2, -0.15) is 0 Å². The number of amides is 1. The topological polar surface area (TPSA) is 77.8 Å². The summed E-state index contributed by atoms with van der Waals surface area (Å²) in [5, 5.41) is 18.6. The van der Waals surface area contributed by atoms with E-state index in [-0.39, 0.29) is 18.9 Å². The summed E-state index contributed by atoms with van der Waals surface area (Å²) in [6, 6.07) is 0. The van der Waals surface area contributed by atoms with Gasteiger partial charge in [0.05, 0.1) is 6.54 Å². The van der Waals surface area contributed by atoms with Crippen molar-refractivity contribution in [2.45, 2.75) is 38.2 Å². The van der Waals surface area contributed by atoms with Crippen LogP contribution in [-0.2, 0) is 9.59 Å². The molecule has 1 atom stereocenters. The molecule has 0 aromatic rings. The zero-order chi connectivity index (χ0) is 11.5. The number of nitrogens with zero attached hydrogens (tertiary/aromatic N) is 1. The van der Waals surface area contributed by atoms with Gasteiger partial charge < -0.3 is 15.1 Å². The Bertz CT molecular complexity index is 266. The summed E-state index contributed by atoms with van der Waals surface area (Å²) >= 11 is 0. The summed E-state index contributed by atoms with van der Waals surface area (Å²) in [7, 11) is 0. The molecule has 1 saturated heterocycles. The van der Waals surface area contributed by atoms with Gasteiger partial charge in [0.25, 0.3) is 0 Å². The number of hydrogen-bond acceptors (Lipinski definition) is 3. The van der Waals surface area contributed by atoms with Gasteiger partial charge in [0.15, 0.2) is 5.60 Å². The summed E-state index contributed by atoms with van der Waals surface area (Å²) < 4.78 is 0. The van der Waals surface area contributed by atoms with Crippen LogP contribution in [0.1, 0.15) is 32.6 Å². The van der Waals surface area contributed by atoms with Crippen molar-refractivity contribution >= 4 is 11.9 Å². The molecule has 86 valence electrons. The first kappa shape index (κ1) is 12.0. The Kier molecular flexibility index (Phi) is 3.68. The largest absolute Gasteiger partial charge is 0.479 e. The van der Waals surface area contributed by atoms with Crippen LogP contribution in [-0.4, -0.2) is 45.7 Å². The van der Waals surface area contributed by atoms with Crippen molar-refractivity contribution in [2.24, 2.45) is 0 Å². The van der Waals surface area contributed by atoms with E-state index in [9.17, 15) is 14.7 Å². The second kappa shape index (κ2) is 4.61. The number of carbonyl (C=O) groups excluding carboxylic acids is 1. The van der Waals surface area contributed by atoms with E-state index >= 15 is 0 Å². The minimum absolute atomic E-state index is 0.0723. The van der Waals surface area contributed by atoms with E-state index in [1.807, 2.05) is 6.92 Å². The molecule has 5 nitrogen and oxygen atoms in total. The number of aliphatic carboxylic acids is 1. The second-order valence-corrected chi connectivity index (χ2v) is 4.01. The van der Waals surface area contributed by atoms with Gasteiger partial charge in [0, 0.05) is 13.0 Å². The average molecular weight is 215 g/mol. The number of rotatable bonds is 3. The molecule has 0 aliphatic carbocycles. The molecule has 15 heavy (non-hydrogen) atoms. The fourth-order valence-corrected chi connectivity index (χ4v) is 1.80. The lowest BCUT2D eigenvalue weighted by Gasteiger charge is -2.36. The third-order valence-electron chi connectivity index (χ3n) is 2.69. The monoisotopic (exact) mass is 215 g/mol. The fourth-order valence-electron chi connectivity index (χ4n) is 1.80. The molecule has 1 aliphatic heterocycles. The number of β-amino-alcohol motifs (C(OH)–C–C–N with tert-alkyl or cyclic N) is 1. The Morgan fingerprint density at radius 3 is 2.67 bits per heavy atom. The highest BCUT2D eigenvalue weighted by atomic mass is 16.4. The number of carbonyl (C=O) groups is 2. The van der Waals surface area contributed by atoms with Crippen LogP contribution in [0.5, 0.6) is 0 Å². The number of likely N-dealkylation sites (tertiary alicyclic amines) is 1. The van der Waals surface area contributed by atoms with E-state index in [2.05, 4.69) is 0 Å². The first-order chi connectivity index (χ1) is 6.99. The van der Waals surface area contributed by atoms with E-state index in [4.69, 9.17) is 5.11 Å². The maximum Gasteiger partial charge on any atom is 0.337 e. The van der Waals surface area contributed by atoms with E-state index < -0.39 is 11.6 Å². The molecule has 1 unspecified atom stereocenters. The van der Waals surface area contributed by atoms with Crippen molar-refractivity contribution in [3.8, 4) is 0 Å². The van der Waals surface area contributed by atoms with Crippen LogP contribution in [0.3, 0.4) is 0 Å². The molecule has 1 heterocycles. The van der Waals surface area contributed by atoms with Crippen LogP contribution >= 0.6 is 0 Å². The lowest BCUT2D eigenvalue weighted by atomic mass is 9.93. The highest BCUT2D eigenvalue weighted by Gasteiger charge is 2.41. The van der Waals surface area contributed by atoms with Gasteiger partial charge >= 0.3 is 5.97 Å². The Balaban J connectivity index is 2.63. The minimum Gasteiger partial charge on any atom is -0.479 e. The molecule has 0 bridgehead atoms. The van der Waals surface area contributed by atoms with Crippen LogP contribution in [0, 0.1) is 0 Å². The zero-order valence-electron chi connectivity index (χ0n) is 8.90. The molecule has 1 fully saturated rings. The zero-order valence-corrected chi connectivity index (χ0v) is 8.90. The van der Waals surface area contributed by atoms with E-state index in [0.717, 1.165) is 6.42 Å². The molecule has 1 rings (SSSR count). The summed E-state index contributed by atoms with van der Waals surface area (Å²) in [4.78, 5) is 23.8. The van der Waals surface area contributed by atoms with Gasteiger partial charge in [-0.25, -0.2) is 4.79 Å². The molecule has 1 amide bonds. The molecule has 2 N–H and O–H groups in total. The number of piperidine rings is 1. The first-order valence-electron chi connectivity index (χ1n) is 5.23. The van der Waals surface area contributed by atoms with Gasteiger partial charge in [-0.05, 0) is 19.3 Å². The molecule has 0 aromatic carbocycles. The van der Waals surface area contributed by atoms with E-state index in [1.54, 1.807) is 0 Å². The fraction of sp³-hybridized carbons (Fsp3) is 0.800. The second-order valence-electron chi connectivity index (χ2n) is 4.01. The van der Waals surface area contributed by atoms with E-state index in [1.165, 1.54) is 4.90 Å². The standard InChI is InChI=1S/C10H17NO4/c1-2-4-8(12)11-6-3-5-10(15,7-11)9(13)14/h15H,2-7H2,1H3,(H,13,14). The van der Waals surface area contributed by atoms with Crippen molar-refractivity contribution in [1.29, 1.82) is 0 Å². The predicted molar refractivity (Wildman–Crippen MR) is 53.3 cm³/mol. The van der Waals surface area contributed by atoms with Gasteiger partial charge in [0.2, 0.25) is 5.91 Å². The molecule has 0 aromatic heterocycles. The van der Waals surface area contributed by atoms with Gasteiger partial charge in [-0.3, -0.25) is 4.79 Å². The van der Waals surface area contributed by atoms with Crippen molar-refractivity contribution in [1.82, 2.24) is 4.90 Å². The minimum atomic E-state index is -1.75. The van der Waals surface area contributed by atoms with Crippen molar-refractivity contribution < 1.29 is 19.8 Å². The Morgan fingerprint density at radius 1 is 1.47 bits per heavy atom. The van der Waals surface area contributed by atoms with Crippen LogP contribution in [0.15, 0.2) is 0 Å². The lowest BCUT2D eigenvalue weighted by Crippen LogP contribution is -2.54. The summed E-state index contributed by atoms with van der Waals surface area (Å²) in [6.07, 6.45) is 1.91. The Morgan fingerprint density at radius 2 is 2.13 bits per heavy atom. The molecular formula is C10H17NO4. The van der Waals surface area contributed by atoms with Gasteiger partial charge in [-0.1, -0.05) is 6.92 Å². The highest BCUT2D eigenvalue weighted by Crippen LogP contribution is 2.22. The third kappa shape index (κ3) is 2.68. The highest BCUT2D eigenvalue weighted by molar-refractivity contribution is 5.81. The maximum absolute atomic E-state index is 11.5. The predicted octanol–water partition coefficient (Wildman–Crippen LogP) is 0.225. The van der Waals surface area contributed by atoms with Crippen molar-refractivity contribution in [3.63, 3.8) is 0 Å². The molecule has 1 aliphatic rings. The molecule has 0 radical (unpaired) electrons. The molecule has 0 spiro atoms. The number of carboxylic acid groups (broad SMARTS) is 1. The van der Waals surface area contributed by atoms with Crippen molar-refractivity contribution in [3.05, 3.63) is 0 Å². The summed E-state index contributed by atoms with van der Waals surface area (Å²) in [5.41, 5.74) is -1.75. The lowest BCUT2D eigenvalue weighted by molar-refractivity contribution is -0.166. The Labute approximate surface area is 88.7 Å². The smallest absolute Gasteiger partial charge is 0.337 e. The first-order valence-corrected chi connectivity index (χ1v) is 5.23. The van der Waals surface area contributed by atoms with Gasteiger partial charge in [-0.15, -0.1) is 0 Å². The molecule has 0 saturated carbocycles. The van der Waals surface area contributed by atoms with E-state index in [0.29, 0.717) is 19.4 Å². The average Bonchev–Trinajstić information content (AvgIpc) is 2.18. The number of hydrogen-bond donors (Lipinski definition) is 2. The summed E-state index contributed by atoms with van der Waals surface area (Å²) in [6.45, 7) is 2.36. The Hall–Kier alpha value is -1.10. The maximum atomic E-state index is 11.5. The molecule has 5 heteroatoms. The third-order valence-corrected chi connectivity index (χ3v) is 2.69. The SMILES string of the molecule is CCCC(=O)N1CCCC(O)(C(=O)O)C1. The quantitative estimate of drug-likeness (QED) is 0.706. The van der Waals surface area contributed by atoms with Crippen LogP contribution in [0.25, 0.3) is 0 Å². The summed E-state index contributed by atoms with van der Waals surface area (Å²) in [5.74, 6) is -1.31. The number of aliphatic hydroxyl groups is 1. The van der Waals surface area contributed by atoms with Crippen LogP contribution in [0.4, 0.5) is 0 Å². The van der Waals surface area contributed by atoms with Crippen molar-refractivity contribution in [2.75, 3.05) is 13.1 Å². The normalized spacial score (nSPS) is 26.4. The van der Waals surface area contributed by atoms with Gasteiger partial charge in [0.1, 0.15) is 0 Å².